The van der Waals surface area contributed by atoms with Gasteiger partial charge in [0.1, 0.15) is 5.82 Å². The number of benzene rings is 1. The molecule has 0 radical (unpaired) electrons. The van der Waals surface area contributed by atoms with Gasteiger partial charge in [0.2, 0.25) is 5.91 Å². The summed E-state index contributed by atoms with van der Waals surface area (Å²) in [6.45, 7) is 4.93. The first kappa shape index (κ1) is 18.5. The van der Waals surface area contributed by atoms with E-state index in [1.165, 1.54) is 24.3 Å². The Morgan fingerprint density at radius 2 is 1.71 bits per heavy atom. The number of Topliss-reactive ketones (excluding diaryl/α,β-unsaturated/α-hetero) is 1. The largest absolute Gasteiger partial charge is 0.356 e. The topological polar surface area (TPSA) is 70.2 Å². The summed E-state index contributed by atoms with van der Waals surface area (Å²) in [5.41, 5.74) is 6.88. The molecule has 5 nitrogen and oxygen atoms in total. The predicted octanol–water partition coefficient (Wildman–Crippen LogP) is 2.19. The zero-order valence-corrected chi connectivity index (χ0v) is 14.3. The van der Waals surface area contributed by atoms with E-state index in [0.717, 1.165) is 12.8 Å². The molecule has 1 aliphatic heterocycles. The van der Waals surface area contributed by atoms with Crippen LogP contribution in [0.5, 0.6) is 0 Å². The third kappa shape index (κ3) is 5.39. The Bertz CT molecular complexity index is 552. The molecule has 0 aromatic heterocycles. The number of carbonyl (C=O) groups excluding carboxylic acids is 2. The molecule has 2 unspecified atom stereocenters. The van der Waals surface area contributed by atoms with Crippen molar-refractivity contribution in [2.45, 2.75) is 51.6 Å². The van der Waals surface area contributed by atoms with Crippen LogP contribution in [0, 0.1) is 11.7 Å². The number of carbonyl (C=O) groups is 2. The molecule has 1 saturated heterocycles. The molecule has 0 aliphatic carbocycles. The average molecular weight is 335 g/mol. The summed E-state index contributed by atoms with van der Waals surface area (Å²) in [6, 6.07) is 6.26. The number of hydrogen-bond donors (Lipinski definition) is 3. The normalized spacial score (nSPS) is 23.2. The van der Waals surface area contributed by atoms with Crippen LogP contribution in [0.2, 0.25) is 0 Å². The van der Waals surface area contributed by atoms with Crippen LogP contribution in [0.25, 0.3) is 0 Å². The van der Waals surface area contributed by atoms with Gasteiger partial charge in [-0.15, -0.1) is 0 Å². The molecule has 0 bridgehead atoms. The van der Waals surface area contributed by atoms with E-state index < -0.39 is 0 Å². The highest BCUT2D eigenvalue weighted by Crippen LogP contribution is 2.19. The minimum absolute atomic E-state index is 0.116. The highest BCUT2D eigenvalue weighted by atomic mass is 19.1. The summed E-state index contributed by atoms with van der Waals surface area (Å²) in [6.07, 6.45) is 2.26. The molecule has 24 heavy (non-hydrogen) atoms. The van der Waals surface area contributed by atoms with Gasteiger partial charge in [-0.3, -0.25) is 20.4 Å². The molecule has 1 heterocycles. The third-order valence-electron chi connectivity index (χ3n) is 4.60. The first-order valence-electron chi connectivity index (χ1n) is 8.54. The number of halogens is 1. The lowest BCUT2D eigenvalue weighted by atomic mass is 9.92. The van der Waals surface area contributed by atoms with Gasteiger partial charge in [0.25, 0.3) is 0 Å². The van der Waals surface area contributed by atoms with Gasteiger partial charge in [-0.25, -0.2) is 4.39 Å². The van der Waals surface area contributed by atoms with Crippen molar-refractivity contribution in [2.24, 2.45) is 5.92 Å². The number of ketones is 1. The minimum atomic E-state index is -0.374. The SMILES string of the molecule is CC1NNC(C)C1CCCNC(=O)CCC(=O)c1ccc(F)cc1. The number of rotatable bonds is 8. The van der Waals surface area contributed by atoms with E-state index in [9.17, 15) is 14.0 Å². The van der Waals surface area contributed by atoms with Crippen molar-refractivity contribution in [1.82, 2.24) is 16.2 Å². The van der Waals surface area contributed by atoms with E-state index in [1.54, 1.807) is 0 Å². The Balaban J connectivity index is 1.61. The Kier molecular flexibility index (Phi) is 6.87. The second-order valence-corrected chi connectivity index (χ2v) is 6.45. The molecule has 3 N–H and O–H groups in total. The van der Waals surface area contributed by atoms with Crippen molar-refractivity contribution in [3.63, 3.8) is 0 Å². The van der Waals surface area contributed by atoms with Crippen LogP contribution in [0.4, 0.5) is 4.39 Å². The maximum Gasteiger partial charge on any atom is 0.220 e. The molecule has 0 saturated carbocycles. The van der Waals surface area contributed by atoms with Crippen LogP contribution >= 0.6 is 0 Å². The molecule has 0 spiro atoms. The monoisotopic (exact) mass is 335 g/mol. The van der Waals surface area contributed by atoms with Crippen molar-refractivity contribution in [2.75, 3.05) is 6.54 Å². The molecular weight excluding hydrogens is 309 g/mol. The summed E-state index contributed by atoms with van der Waals surface area (Å²) in [5, 5.41) is 2.86. The van der Waals surface area contributed by atoms with Crippen molar-refractivity contribution >= 4 is 11.7 Å². The summed E-state index contributed by atoms with van der Waals surface area (Å²) in [4.78, 5) is 23.7. The lowest BCUT2D eigenvalue weighted by Gasteiger charge is -2.17. The van der Waals surface area contributed by atoms with Gasteiger partial charge in [-0.05, 0) is 56.9 Å². The van der Waals surface area contributed by atoms with E-state index in [-0.39, 0.29) is 30.3 Å². The number of amides is 1. The number of hydrogen-bond acceptors (Lipinski definition) is 4. The predicted molar refractivity (Wildman–Crippen MR) is 90.9 cm³/mol. The second-order valence-electron chi connectivity index (χ2n) is 6.45. The first-order chi connectivity index (χ1) is 11.5. The molecule has 1 aromatic carbocycles. The van der Waals surface area contributed by atoms with E-state index in [1.807, 2.05) is 0 Å². The van der Waals surface area contributed by atoms with E-state index in [2.05, 4.69) is 30.0 Å². The zero-order valence-electron chi connectivity index (χ0n) is 14.3. The Morgan fingerprint density at radius 1 is 1.08 bits per heavy atom. The van der Waals surface area contributed by atoms with E-state index >= 15 is 0 Å². The van der Waals surface area contributed by atoms with Gasteiger partial charge in [0.05, 0.1) is 0 Å². The van der Waals surface area contributed by atoms with Gasteiger partial charge in [0, 0.05) is 37.0 Å². The fraction of sp³-hybridized carbons (Fsp3) is 0.556. The van der Waals surface area contributed by atoms with Crippen LogP contribution in [0.1, 0.15) is 49.9 Å². The van der Waals surface area contributed by atoms with Gasteiger partial charge in [-0.2, -0.15) is 0 Å². The van der Waals surface area contributed by atoms with E-state index in [0.29, 0.717) is 30.1 Å². The van der Waals surface area contributed by atoms with Crippen LogP contribution in [-0.4, -0.2) is 30.3 Å². The molecule has 2 atom stereocenters. The average Bonchev–Trinajstić information content (AvgIpc) is 2.88. The van der Waals surface area contributed by atoms with Gasteiger partial charge in [-0.1, -0.05) is 0 Å². The van der Waals surface area contributed by atoms with E-state index in [4.69, 9.17) is 0 Å². The quantitative estimate of drug-likeness (QED) is 0.503. The lowest BCUT2D eigenvalue weighted by molar-refractivity contribution is -0.121. The van der Waals surface area contributed by atoms with Crippen LogP contribution < -0.4 is 16.2 Å². The van der Waals surface area contributed by atoms with Gasteiger partial charge >= 0.3 is 0 Å². The summed E-state index contributed by atoms with van der Waals surface area (Å²) in [7, 11) is 0. The molecule has 1 aromatic rings. The van der Waals surface area contributed by atoms with Crippen molar-refractivity contribution < 1.29 is 14.0 Å². The molecule has 6 heteroatoms. The minimum Gasteiger partial charge on any atom is -0.356 e. The first-order valence-corrected chi connectivity index (χ1v) is 8.54. The third-order valence-corrected chi connectivity index (χ3v) is 4.60. The number of nitrogens with one attached hydrogen (secondary N) is 3. The van der Waals surface area contributed by atoms with Crippen molar-refractivity contribution in [3.8, 4) is 0 Å². The maximum absolute atomic E-state index is 12.8. The van der Waals surface area contributed by atoms with Crippen LogP contribution in [0.15, 0.2) is 24.3 Å². The fourth-order valence-electron chi connectivity index (χ4n) is 3.07. The fourth-order valence-corrected chi connectivity index (χ4v) is 3.07. The standard InChI is InChI=1S/C18H26FN3O2/c1-12-16(13(2)22-21-12)4-3-11-20-18(24)10-9-17(23)14-5-7-15(19)8-6-14/h5-8,12-13,16,21-22H,3-4,9-11H2,1-2H3,(H,20,24). The summed E-state index contributed by atoms with van der Waals surface area (Å²) >= 11 is 0. The number of hydrazine groups is 1. The Morgan fingerprint density at radius 3 is 2.33 bits per heavy atom. The molecule has 1 fully saturated rings. The van der Waals surface area contributed by atoms with Crippen LogP contribution in [-0.2, 0) is 4.79 Å². The van der Waals surface area contributed by atoms with Crippen molar-refractivity contribution in [1.29, 1.82) is 0 Å². The maximum atomic E-state index is 12.8. The molecule has 2 rings (SSSR count). The van der Waals surface area contributed by atoms with Gasteiger partial charge in [0.15, 0.2) is 5.78 Å². The van der Waals surface area contributed by atoms with Crippen LogP contribution in [0.3, 0.4) is 0 Å². The zero-order chi connectivity index (χ0) is 17.5. The lowest BCUT2D eigenvalue weighted by Crippen LogP contribution is -2.30. The Labute approximate surface area is 142 Å². The second kappa shape index (κ2) is 8.89. The van der Waals surface area contributed by atoms with Crippen molar-refractivity contribution in [3.05, 3.63) is 35.6 Å². The summed E-state index contributed by atoms with van der Waals surface area (Å²) in [5.74, 6) is -0.0762. The Hall–Kier alpha value is -1.79. The highest BCUT2D eigenvalue weighted by molar-refractivity contribution is 5.97. The van der Waals surface area contributed by atoms with Gasteiger partial charge < -0.3 is 5.32 Å². The highest BCUT2D eigenvalue weighted by Gasteiger charge is 2.28. The smallest absolute Gasteiger partial charge is 0.220 e. The molecule has 1 aliphatic rings. The molecular formula is C18H26FN3O2. The molecule has 132 valence electrons. The summed E-state index contributed by atoms with van der Waals surface area (Å²) < 4.78 is 12.8. The molecule has 1 amide bonds.